The average Bonchev–Trinajstić information content (AvgIpc) is 2.75. The molecule has 0 aliphatic heterocycles. The molecule has 0 amide bonds. The summed E-state index contributed by atoms with van der Waals surface area (Å²) in [4.78, 5) is 30.8. The minimum Gasteiger partial charge on any atom is -0.468 e. The molecule has 0 atom stereocenters. The van der Waals surface area contributed by atoms with Crippen molar-refractivity contribution in [1.29, 1.82) is 0 Å². The number of aldehydes is 1. The van der Waals surface area contributed by atoms with E-state index in [1.165, 1.54) is 65.6 Å². The summed E-state index contributed by atoms with van der Waals surface area (Å²) < 4.78 is 8.67. The van der Waals surface area contributed by atoms with Gasteiger partial charge in [-0.2, -0.15) is 0 Å². The van der Waals surface area contributed by atoms with Crippen LogP contribution in [0.25, 0.3) is 0 Å². The van der Waals surface area contributed by atoms with Gasteiger partial charge in [-0.3, -0.25) is 9.59 Å². The van der Waals surface area contributed by atoms with Gasteiger partial charge in [0.05, 0.1) is 27.3 Å². The Labute approximate surface area is 163 Å². The second kappa shape index (κ2) is 17.9. The third kappa shape index (κ3) is 15.3. The maximum atomic E-state index is 10.8. The number of methoxy groups -OCH3 is 2. The van der Waals surface area contributed by atoms with Gasteiger partial charge in [-0.15, -0.1) is 0 Å². The average molecular weight is 387 g/mol. The monoisotopic (exact) mass is 386 g/mol. The van der Waals surface area contributed by atoms with Crippen molar-refractivity contribution in [3.8, 4) is 0 Å². The van der Waals surface area contributed by atoms with Crippen LogP contribution in [0.5, 0.6) is 0 Å². The second-order valence-electron chi connectivity index (χ2n) is 7.03. The Morgan fingerprint density at radius 3 is 1.81 bits per heavy atom. The van der Waals surface area contributed by atoms with Crippen molar-refractivity contribution in [2.24, 2.45) is 17.6 Å². The number of nitrogens with one attached hydrogen (secondary N) is 1. The summed E-state index contributed by atoms with van der Waals surface area (Å²) in [6.07, 6.45) is 14.0. The van der Waals surface area contributed by atoms with Crippen molar-refractivity contribution in [3.63, 3.8) is 0 Å². The Bertz CT molecular complexity index is 386. The third-order valence-corrected chi connectivity index (χ3v) is 4.89. The van der Waals surface area contributed by atoms with Crippen LogP contribution in [0.1, 0.15) is 64.2 Å². The highest BCUT2D eigenvalue weighted by Gasteiger charge is 2.13. The Morgan fingerprint density at radius 2 is 1.44 bits per heavy atom. The summed E-state index contributed by atoms with van der Waals surface area (Å²) >= 11 is 0. The van der Waals surface area contributed by atoms with Crippen molar-refractivity contribution in [3.05, 3.63) is 0 Å². The van der Waals surface area contributed by atoms with E-state index in [0.717, 1.165) is 31.6 Å². The van der Waals surface area contributed by atoms with Crippen LogP contribution in [0.15, 0.2) is 0 Å². The van der Waals surface area contributed by atoms with Crippen molar-refractivity contribution >= 4 is 18.2 Å². The summed E-state index contributed by atoms with van der Waals surface area (Å²) in [7, 11) is 2.72. The lowest BCUT2D eigenvalue weighted by Gasteiger charge is -2.21. The molecule has 158 valence electrons. The van der Waals surface area contributed by atoms with Crippen molar-refractivity contribution in [2.75, 3.05) is 33.9 Å². The summed E-state index contributed by atoms with van der Waals surface area (Å²) in [6, 6.07) is 0. The fourth-order valence-corrected chi connectivity index (χ4v) is 3.20. The minimum atomic E-state index is -0.380. The van der Waals surface area contributed by atoms with Gasteiger partial charge in [0.2, 0.25) is 0 Å². The Kier molecular flexibility index (Phi) is 16.9. The van der Waals surface area contributed by atoms with E-state index in [2.05, 4.69) is 14.8 Å². The standard InChI is InChI=1S/C10H19NO2.C7H12O.C3H7NO2/c1-13-10(12)8-11-7-9-5-3-2-4-6-9;8-6-7-4-2-1-3-5-7;1-6-3(5)2-4/h9,11H,2-8H2,1H3;6-7H,1-5H2;2,4H2,1H3. The van der Waals surface area contributed by atoms with Gasteiger partial charge in [-0.1, -0.05) is 38.5 Å². The molecule has 7 nitrogen and oxygen atoms in total. The van der Waals surface area contributed by atoms with Crippen LogP contribution in [-0.2, 0) is 23.9 Å². The van der Waals surface area contributed by atoms with Crippen molar-refractivity contribution < 1.29 is 23.9 Å². The van der Waals surface area contributed by atoms with Gasteiger partial charge in [0.1, 0.15) is 6.29 Å². The number of ether oxygens (including phenoxy) is 2. The lowest BCUT2D eigenvalue weighted by molar-refractivity contribution is -0.140. The highest BCUT2D eigenvalue weighted by Crippen LogP contribution is 2.22. The van der Waals surface area contributed by atoms with Gasteiger partial charge in [0.25, 0.3) is 0 Å². The van der Waals surface area contributed by atoms with Gasteiger partial charge >= 0.3 is 11.9 Å². The maximum Gasteiger partial charge on any atom is 0.319 e. The number of carbonyl (C=O) groups is 3. The highest BCUT2D eigenvalue weighted by molar-refractivity contribution is 5.71. The van der Waals surface area contributed by atoms with Crippen LogP contribution in [0, 0.1) is 11.8 Å². The number of nitrogens with two attached hydrogens (primary N) is 1. The lowest BCUT2D eigenvalue weighted by Crippen LogP contribution is -2.29. The SMILES string of the molecule is COC(=O)CN.COC(=O)CNCC1CCCCC1.O=CC1CCCCC1. The molecule has 0 unspecified atom stereocenters. The van der Waals surface area contributed by atoms with E-state index in [9.17, 15) is 14.4 Å². The normalized spacial score (nSPS) is 17.4. The first-order valence-electron chi connectivity index (χ1n) is 10.1. The predicted molar refractivity (Wildman–Crippen MR) is 105 cm³/mol. The fraction of sp³-hybridized carbons (Fsp3) is 0.850. The Balaban J connectivity index is 0.000000413. The molecule has 7 heteroatoms. The molecule has 0 heterocycles. The Hall–Kier alpha value is -1.47. The number of esters is 2. The molecule has 2 aliphatic carbocycles. The molecular formula is C20H38N2O5. The molecule has 0 aromatic rings. The first-order chi connectivity index (χ1) is 13.1. The number of carbonyl (C=O) groups excluding carboxylic acids is 3. The molecule has 0 saturated heterocycles. The molecule has 2 rings (SSSR count). The molecule has 3 N–H and O–H groups in total. The fourth-order valence-electron chi connectivity index (χ4n) is 3.20. The molecule has 2 aliphatic rings. The van der Waals surface area contributed by atoms with E-state index < -0.39 is 0 Å². The summed E-state index contributed by atoms with van der Waals surface area (Å²) in [5.74, 6) is 0.632. The summed E-state index contributed by atoms with van der Waals surface area (Å²) in [5.41, 5.74) is 4.81. The summed E-state index contributed by atoms with van der Waals surface area (Å²) in [6.45, 7) is 1.29. The molecule has 27 heavy (non-hydrogen) atoms. The number of rotatable bonds is 6. The first-order valence-corrected chi connectivity index (χ1v) is 10.1. The van der Waals surface area contributed by atoms with Gasteiger partial charge in [-0.05, 0) is 38.1 Å². The van der Waals surface area contributed by atoms with Crippen LogP contribution in [0.4, 0.5) is 0 Å². The Morgan fingerprint density at radius 1 is 0.926 bits per heavy atom. The summed E-state index contributed by atoms with van der Waals surface area (Å²) in [5, 5.41) is 3.13. The molecule has 0 aromatic carbocycles. The lowest BCUT2D eigenvalue weighted by atomic mass is 9.89. The quantitative estimate of drug-likeness (QED) is 0.532. The van der Waals surface area contributed by atoms with Crippen LogP contribution in [0.3, 0.4) is 0 Å². The zero-order chi connectivity index (χ0) is 20.3. The van der Waals surface area contributed by atoms with Gasteiger partial charge < -0.3 is 25.3 Å². The number of hydrogen-bond acceptors (Lipinski definition) is 7. The smallest absolute Gasteiger partial charge is 0.319 e. The van der Waals surface area contributed by atoms with Crippen molar-refractivity contribution in [2.45, 2.75) is 64.2 Å². The van der Waals surface area contributed by atoms with Crippen LogP contribution in [0.2, 0.25) is 0 Å². The zero-order valence-corrected chi connectivity index (χ0v) is 17.0. The molecule has 0 bridgehead atoms. The van der Waals surface area contributed by atoms with E-state index in [1.807, 2.05) is 0 Å². The van der Waals surface area contributed by atoms with Crippen LogP contribution >= 0.6 is 0 Å². The predicted octanol–water partition coefficient (Wildman–Crippen LogP) is 2.21. The topological polar surface area (TPSA) is 108 Å². The van der Waals surface area contributed by atoms with Crippen molar-refractivity contribution in [1.82, 2.24) is 5.32 Å². The maximum absolute atomic E-state index is 10.8. The van der Waals surface area contributed by atoms with E-state index in [4.69, 9.17) is 5.73 Å². The third-order valence-electron chi connectivity index (χ3n) is 4.89. The largest absolute Gasteiger partial charge is 0.468 e. The first kappa shape index (κ1) is 25.5. The van der Waals surface area contributed by atoms with E-state index >= 15 is 0 Å². The number of hydrogen-bond donors (Lipinski definition) is 2. The van der Waals surface area contributed by atoms with Crippen LogP contribution in [-0.4, -0.2) is 52.1 Å². The molecule has 0 spiro atoms. The van der Waals surface area contributed by atoms with Gasteiger partial charge in [-0.25, -0.2) is 0 Å². The van der Waals surface area contributed by atoms with E-state index in [1.54, 1.807) is 0 Å². The molecule has 2 saturated carbocycles. The zero-order valence-electron chi connectivity index (χ0n) is 17.0. The van der Waals surface area contributed by atoms with E-state index in [-0.39, 0.29) is 18.5 Å². The minimum absolute atomic E-state index is 0.0312. The molecule has 0 radical (unpaired) electrons. The molecule has 0 aromatic heterocycles. The van der Waals surface area contributed by atoms with Gasteiger partial charge in [0, 0.05) is 5.92 Å². The van der Waals surface area contributed by atoms with Crippen LogP contribution < -0.4 is 11.1 Å². The van der Waals surface area contributed by atoms with Gasteiger partial charge in [0.15, 0.2) is 0 Å². The molecular weight excluding hydrogens is 348 g/mol. The highest BCUT2D eigenvalue weighted by atomic mass is 16.5. The van der Waals surface area contributed by atoms with E-state index in [0.29, 0.717) is 12.5 Å². The molecule has 2 fully saturated rings. The second-order valence-corrected chi connectivity index (χ2v) is 7.03.